The number of sulfone groups is 1. The Kier molecular flexibility index (Phi) is 7.69. The van der Waals surface area contributed by atoms with Crippen molar-refractivity contribution in [3.8, 4) is 11.5 Å². The van der Waals surface area contributed by atoms with Gasteiger partial charge in [-0.1, -0.05) is 23.7 Å². The van der Waals surface area contributed by atoms with Crippen molar-refractivity contribution in [2.45, 2.75) is 18.3 Å². The molecular weight excluding hydrogens is 587 g/mol. The normalized spacial score (nSPS) is 18.3. The van der Waals surface area contributed by atoms with Gasteiger partial charge in [0.25, 0.3) is 5.91 Å². The van der Waals surface area contributed by atoms with Gasteiger partial charge in [-0.05, 0) is 53.6 Å². The molecule has 3 aliphatic rings. The summed E-state index contributed by atoms with van der Waals surface area (Å²) in [7, 11) is -3.78. The Morgan fingerprint density at radius 1 is 0.976 bits per heavy atom. The number of rotatable bonds is 7. The van der Waals surface area contributed by atoms with Gasteiger partial charge in [-0.2, -0.15) is 0 Å². The maximum absolute atomic E-state index is 13.3. The van der Waals surface area contributed by atoms with E-state index < -0.39 is 39.1 Å². The van der Waals surface area contributed by atoms with Crippen LogP contribution in [0.1, 0.15) is 21.5 Å². The van der Waals surface area contributed by atoms with Gasteiger partial charge in [0.05, 0.1) is 22.9 Å². The molecule has 0 unspecified atom stereocenters. The highest BCUT2D eigenvalue weighted by molar-refractivity contribution is 7.90. The van der Waals surface area contributed by atoms with Gasteiger partial charge in [0.1, 0.15) is 11.9 Å². The minimum absolute atomic E-state index is 0.00767. The molecule has 0 aliphatic carbocycles. The fourth-order valence-electron chi connectivity index (χ4n) is 5.27. The first-order valence-corrected chi connectivity index (χ1v) is 15.6. The zero-order valence-electron chi connectivity index (χ0n) is 22.4. The lowest BCUT2D eigenvalue weighted by molar-refractivity contribution is -0.116. The summed E-state index contributed by atoms with van der Waals surface area (Å²) in [5.41, 5.74) is 2.72. The number of halogens is 2. The molecule has 1 atom stereocenters. The molecule has 42 heavy (non-hydrogen) atoms. The topological polar surface area (TPSA) is 117 Å². The maximum atomic E-state index is 13.3. The van der Waals surface area contributed by atoms with Crippen LogP contribution in [0.4, 0.5) is 15.8 Å². The molecule has 0 aromatic heterocycles. The van der Waals surface area contributed by atoms with E-state index in [1.54, 1.807) is 23.1 Å². The summed E-state index contributed by atoms with van der Waals surface area (Å²) in [6.45, 7) is 3.51. The van der Waals surface area contributed by atoms with E-state index >= 15 is 0 Å². The molecule has 3 aromatic rings. The Labute approximate surface area is 247 Å². The fraction of sp³-hybridized carbons (Fsp3) is 0.310. The average molecular weight is 615 g/mol. The van der Waals surface area contributed by atoms with Crippen LogP contribution in [0.3, 0.4) is 0 Å². The van der Waals surface area contributed by atoms with Crippen molar-refractivity contribution in [1.29, 1.82) is 0 Å². The molecule has 3 aromatic carbocycles. The minimum atomic E-state index is -3.78. The SMILES string of the molecule is O=C1Nc2cc(C(=O)N3CCN(Cc4ccc5c(c4)OCO5)CC3)ccc2N[C@@H]1CS(=O)(=O)Cc1ccc(F)cc1Cl. The maximum Gasteiger partial charge on any atom is 0.254 e. The van der Waals surface area contributed by atoms with Gasteiger partial charge < -0.3 is 25.0 Å². The van der Waals surface area contributed by atoms with Crippen LogP contribution < -0.4 is 20.1 Å². The quantitative estimate of drug-likeness (QED) is 0.415. The Hall–Kier alpha value is -3.87. The summed E-state index contributed by atoms with van der Waals surface area (Å²) in [6.07, 6.45) is 0. The first-order valence-electron chi connectivity index (χ1n) is 13.4. The molecule has 3 heterocycles. The highest BCUT2D eigenvalue weighted by Crippen LogP contribution is 2.33. The van der Waals surface area contributed by atoms with E-state index in [9.17, 15) is 22.4 Å². The van der Waals surface area contributed by atoms with E-state index in [2.05, 4.69) is 15.5 Å². The summed E-state index contributed by atoms with van der Waals surface area (Å²) < 4.78 is 49.8. The van der Waals surface area contributed by atoms with Crippen LogP contribution in [0.25, 0.3) is 0 Å². The van der Waals surface area contributed by atoms with Crippen LogP contribution >= 0.6 is 11.6 Å². The van der Waals surface area contributed by atoms with Crippen LogP contribution in [0, 0.1) is 5.82 Å². The van der Waals surface area contributed by atoms with E-state index in [4.69, 9.17) is 21.1 Å². The first-order chi connectivity index (χ1) is 20.1. The van der Waals surface area contributed by atoms with E-state index in [0.717, 1.165) is 35.7 Å². The predicted octanol–water partition coefficient (Wildman–Crippen LogP) is 3.51. The molecule has 13 heteroatoms. The molecule has 220 valence electrons. The highest BCUT2D eigenvalue weighted by Gasteiger charge is 2.32. The summed E-state index contributed by atoms with van der Waals surface area (Å²) in [5.74, 6) is -0.653. The Morgan fingerprint density at radius 3 is 2.55 bits per heavy atom. The number of carbonyl (C=O) groups is 2. The number of piperazine rings is 1. The predicted molar refractivity (Wildman–Crippen MR) is 155 cm³/mol. The molecule has 1 saturated heterocycles. The number of fused-ring (bicyclic) bond motifs is 2. The molecule has 6 rings (SSSR count). The second kappa shape index (κ2) is 11.4. The lowest BCUT2D eigenvalue weighted by Gasteiger charge is -2.35. The number of carbonyl (C=O) groups excluding carboxylic acids is 2. The second-order valence-corrected chi connectivity index (χ2v) is 13.0. The Balaban J connectivity index is 1.05. The van der Waals surface area contributed by atoms with Gasteiger partial charge in [-0.25, -0.2) is 12.8 Å². The number of nitrogens with zero attached hydrogens (tertiary/aromatic N) is 2. The smallest absolute Gasteiger partial charge is 0.254 e. The Morgan fingerprint density at radius 2 is 1.76 bits per heavy atom. The monoisotopic (exact) mass is 614 g/mol. The van der Waals surface area contributed by atoms with Crippen molar-refractivity contribution in [2.75, 3.05) is 49.4 Å². The molecule has 0 saturated carbocycles. The van der Waals surface area contributed by atoms with Crippen molar-refractivity contribution < 1.29 is 31.9 Å². The van der Waals surface area contributed by atoms with Crippen molar-refractivity contribution in [1.82, 2.24) is 9.80 Å². The molecule has 2 N–H and O–H groups in total. The van der Waals surface area contributed by atoms with E-state index in [0.29, 0.717) is 43.1 Å². The van der Waals surface area contributed by atoms with Gasteiger partial charge >= 0.3 is 0 Å². The summed E-state index contributed by atoms with van der Waals surface area (Å²) >= 11 is 5.99. The first kappa shape index (κ1) is 28.3. The number of anilines is 2. The van der Waals surface area contributed by atoms with Crippen LogP contribution in [0.5, 0.6) is 11.5 Å². The zero-order valence-corrected chi connectivity index (χ0v) is 24.0. The van der Waals surface area contributed by atoms with Crippen LogP contribution in [0.2, 0.25) is 5.02 Å². The largest absolute Gasteiger partial charge is 0.454 e. The third-order valence-electron chi connectivity index (χ3n) is 7.48. The van der Waals surface area contributed by atoms with Crippen LogP contribution in [-0.4, -0.2) is 74.8 Å². The molecule has 3 aliphatic heterocycles. The van der Waals surface area contributed by atoms with Crippen LogP contribution in [0.15, 0.2) is 54.6 Å². The molecule has 0 bridgehead atoms. The van der Waals surface area contributed by atoms with Crippen molar-refractivity contribution in [3.05, 3.63) is 82.1 Å². The van der Waals surface area contributed by atoms with Gasteiger partial charge in [0.2, 0.25) is 12.7 Å². The lowest BCUT2D eigenvalue weighted by atomic mass is 10.1. The summed E-state index contributed by atoms with van der Waals surface area (Å²) in [6, 6.07) is 13.3. The molecular formula is C29H28ClFN4O6S. The van der Waals surface area contributed by atoms with E-state index in [1.807, 2.05) is 18.2 Å². The highest BCUT2D eigenvalue weighted by atomic mass is 35.5. The number of hydrogen-bond donors (Lipinski definition) is 2. The Bertz CT molecular complexity index is 1660. The third kappa shape index (κ3) is 6.15. The van der Waals surface area contributed by atoms with Crippen molar-refractivity contribution in [2.24, 2.45) is 0 Å². The van der Waals surface area contributed by atoms with Gasteiger partial charge in [-0.15, -0.1) is 0 Å². The number of benzene rings is 3. The van der Waals surface area contributed by atoms with Gasteiger partial charge in [-0.3, -0.25) is 14.5 Å². The minimum Gasteiger partial charge on any atom is -0.454 e. The fourth-order valence-corrected chi connectivity index (χ4v) is 7.17. The molecule has 10 nitrogen and oxygen atoms in total. The van der Waals surface area contributed by atoms with E-state index in [-0.39, 0.29) is 23.3 Å². The molecule has 0 radical (unpaired) electrons. The van der Waals surface area contributed by atoms with Crippen LogP contribution in [-0.2, 0) is 26.9 Å². The standard InChI is InChI=1S/C29H28ClFN4O6S/c30-22-13-21(31)4-2-20(22)15-42(38,39)16-25-28(36)33-24-12-19(3-5-23(24)32-25)29(37)35-9-7-34(8-10-35)14-18-1-6-26-27(11-18)41-17-40-26/h1-6,11-13,25,32H,7-10,14-17H2,(H,33,36)/t25-/m1/s1. The molecule has 0 spiro atoms. The lowest BCUT2D eigenvalue weighted by Crippen LogP contribution is -2.48. The van der Waals surface area contributed by atoms with Crippen molar-refractivity contribution >= 4 is 44.6 Å². The zero-order chi connectivity index (χ0) is 29.4. The number of amides is 2. The van der Waals surface area contributed by atoms with Gasteiger partial charge in [0, 0.05) is 43.3 Å². The van der Waals surface area contributed by atoms with E-state index in [1.165, 1.54) is 6.07 Å². The second-order valence-electron chi connectivity index (χ2n) is 10.5. The van der Waals surface area contributed by atoms with Gasteiger partial charge in [0.15, 0.2) is 21.3 Å². The third-order valence-corrected chi connectivity index (χ3v) is 9.43. The number of ether oxygens (including phenoxy) is 2. The summed E-state index contributed by atoms with van der Waals surface area (Å²) in [5, 5.41) is 5.70. The number of nitrogens with one attached hydrogen (secondary N) is 2. The molecule has 1 fully saturated rings. The number of hydrogen-bond acceptors (Lipinski definition) is 8. The molecule has 2 amide bonds. The average Bonchev–Trinajstić information content (AvgIpc) is 3.43. The summed E-state index contributed by atoms with van der Waals surface area (Å²) in [4.78, 5) is 30.1. The van der Waals surface area contributed by atoms with Crippen molar-refractivity contribution in [3.63, 3.8) is 0 Å².